The average Bonchev–Trinajstić information content (AvgIpc) is 3.87. The van der Waals surface area contributed by atoms with Crippen LogP contribution >= 0.6 is 45.2 Å². The van der Waals surface area contributed by atoms with Crippen LogP contribution in [0.2, 0.25) is 0 Å². The highest BCUT2D eigenvalue weighted by atomic mass is 127. The number of hydrogen-bond acceptors (Lipinski definition) is 9. The molecule has 8 rings (SSSR count). The number of carbonyl (C=O) groups excluding carboxylic acids is 1. The lowest BCUT2D eigenvalue weighted by Gasteiger charge is -2.49. The summed E-state index contributed by atoms with van der Waals surface area (Å²) in [6, 6.07) is 0. The summed E-state index contributed by atoms with van der Waals surface area (Å²) in [7, 11) is 0. The van der Waals surface area contributed by atoms with E-state index in [2.05, 4.69) is 97.9 Å². The third-order valence-electron chi connectivity index (χ3n) is 12.6. The van der Waals surface area contributed by atoms with E-state index in [1.807, 2.05) is 58.0 Å². The van der Waals surface area contributed by atoms with Crippen LogP contribution in [0.3, 0.4) is 0 Å². The minimum absolute atomic E-state index is 0.00289. The molecular weight excluding hydrogens is 870 g/mol. The van der Waals surface area contributed by atoms with Crippen LogP contribution in [0, 0.1) is 18.0 Å². The molecule has 4 aliphatic rings. The van der Waals surface area contributed by atoms with E-state index in [0.29, 0.717) is 5.41 Å². The Hall–Kier alpha value is -2.47. The van der Waals surface area contributed by atoms with Crippen molar-refractivity contribution in [3.8, 4) is 0 Å². The lowest BCUT2D eigenvalue weighted by molar-refractivity contribution is 0.0300. The normalized spacial score (nSPS) is 25.8. The number of halogens is 2. The average molecular weight is 923 g/mol. The number of imidazole rings is 2. The third-order valence-corrected chi connectivity index (χ3v) is 14.1. The van der Waals surface area contributed by atoms with Crippen molar-refractivity contribution in [2.45, 2.75) is 116 Å². The molecule has 4 fully saturated rings. The van der Waals surface area contributed by atoms with Gasteiger partial charge in [-0.25, -0.2) is 24.7 Å². The highest BCUT2D eigenvalue weighted by Gasteiger charge is 2.54. The Bertz CT molecular complexity index is 1880. The van der Waals surface area contributed by atoms with Crippen molar-refractivity contribution in [1.82, 2.24) is 34.1 Å². The zero-order valence-corrected chi connectivity index (χ0v) is 34.9. The molecule has 1 amide bonds. The summed E-state index contributed by atoms with van der Waals surface area (Å²) in [5, 5.41) is 3.25. The number of nitrogens with one attached hydrogen (secondary N) is 1. The molecule has 0 radical (unpaired) electrons. The van der Waals surface area contributed by atoms with Crippen molar-refractivity contribution < 1.29 is 9.53 Å². The van der Waals surface area contributed by atoms with Crippen LogP contribution in [0.5, 0.6) is 0 Å². The van der Waals surface area contributed by atoms with Gasteiger partial charge in [-0.05, 0) is 142 Å². The Morgan fingerprint density at radius 1 is 0.745 bits per heavy atom. The number of anilines is 2. The Morgan fingerprint density at radius 2 is 1.22 bits per heavy atom. The summed E-state index contributed by atoms with van der Waals surface area (Å²) >= 11 is 4.57. The van der Waals surface area contributed by atoms with E-state index in [1.54, 1.807) is 0 Å². The SMILES string of the molecule is CC(C)(C)OC(=O)NC1(C)CCCC12CCN(c1ncc(I)c3nccn13)CC2.CC1(N)CCCC12CCN(c1ncc(I)c3nccn13)CC2. The first-order valence-electron chi connectivity index (χ1n) is 18.4. The molecule has 2 saturated heterocycles. The lowest BCUT2D eigenvalue weighted by Crippen LogP contribution is -2.59. The molecule has 12 nitrogen and oxygen atoms in total. The molecule has 3 N–H and O–H groups in total. The number of carbonyl (C=O) groups is 1. The first-order valence-corrected chi connectivity index (χ1v) is 20.6. The van der Waals surface area contributed by atoms with Gasteiger partial charge in [-0.2, -0.15) is 0 Å². The van der Waals surface area contributed by atoms with E-state index in [4.69, 9.17) is 15.5 Å². The molecule has 0 aromatic carbocycles. The maximum atomic E-state index is 12.5. The predicted molar refractivity (Wildman–Crippen MR) is 217 cm³/mol. The molecule has 2 saturated carbocycles. The monoisotopic (exact) mass is 922 g/mol. The van der Waals surface area contributed by atoms with Gasteiger partial charge in [0, 0.05) is 74.4 Å². The second kappa shape index (κ2) is 13.7. The van der Waals surface area contributed by atoms with Crippen molar-refractivity contribution in [3.63, 3.8) is 0 Å². The fourth-order valence-electron chi connectivity index (χ4n) is 9.50. The smallest absolute Gasteiger partial charge is 0.408 e. The van der Waals surface area contributed by atoms with Crippen molar-refractivity contribution in [1.29, 1.82) is 0 Å². The summed E-state index contributed by atoms with van der Waals surface area (Å²) in [5.41, 5.74) is 8.29. The molecule has 2 spiro atoms. The van der Waals surface area contributed by atoms with Crippen molar-refractivity contribution >= 4 is 74.5 Å². The minimum Gasteiger partial charge on any atom is -0.444 e. The van der Waals surface area contributed by atoms with E-state index in [-0.39, 0.29) is 22.6 Å². The van der Waals surface area contributed by atoms with Crippen LogP contribution in [-0.2, 0) is 4.74 Å². The highest BCUT2D eigenvalue weighted by Crippen LogP contribution is 2.54. The number of amides is 1. The summed E-state index contributed by atoms with van der Waals surface area (Å²) in [5.74, 6) is 1.96. The molecule has 2 unspecified atom stereocenters. The van der Waals surface area contributed by atoms with Crippen LogP contribution in [0.1, 0.15) is 98.8 Å². The molecule has 4 aromatic heterocycles. The van der Waals surface area contributed by atoms with Crippen LogP contribution in [-0.4, -0.2) is 77.7 Å². The van der Waals surface area contributed by atoms with Gasteiger partial charge in [0.1, 0.15) is 5.60 Å². The second-order valence-corrected chi connectivity index (χ2v) is 19.0. The topological polar surface area (TPSA) is 131 Å². The summed E-state index contributed by atoms with van der Waals surface area (Å²) in [6.45, 7) is 14.1. The van der Waals surface area contributed by atoms with Crippen LogP contribution in [0.15, 0.2) is 37.2 Å². The quantitative estimate of drug-likeness (QED) is 0.205. The number of nitrogens with two attached hydrogens (primary N) is 1. The maximum absolute atomic E-state index is 12.5. The van der Waals surface area contributed by atoms with E-state index in [1.165, 1.54) is 32.1 Å². The van der Waals surface area contributed by atoms with Gasteiger partial charge in [-0.1, -0.05) is 12.8 Å². The van der Waals surface area contributed by atoms with E-state index >= 15 is 0 Å². The fraction of sp³-hybridized carbons (Fsp3) is 0.649. The summed E-state index contributed by atoms with van der Waals surface area (Å²) in [6.07, 6.45) is 22.6. The number of nitrogens with zero attached hydrogens (tertiary/aromatic N) is 8. The van der Waals surface area contributed by atoms with Crippen LogP contribution in [0.4, 0.5) is 16.7 Å². The standard InChI is InChI=1S/C21H30IN5O2.C16H22IN5/c1-19(2,3)29-18(28)25-20(4)6-5-7-21(20)8-11-26(12-9-21)17-24-14-15(22)16-23-10-13-27(16)17;1-15(18)3-2-4-16(15)5-8-21(9-6-16)14-20-11-12(17)13-19-7-10-22(13)14/h10,13-14H,5-9,11-12H2,1-4H3,(H,25,28);7,10-11H,2-6,8-9,18H2,1H3. The molecule has 2 atom stereocenters. The van der Waals surface area contributed by atoms with Gasteiger partial charge in [0.2, 0.25) is 11.9 Å². The molecule has 14 heteroatoms. The molecule has 51 heavy (non-hydrogen) atoms. The molecule has 2 aliphatic carbocycles. The van der Waals surface area contributed by atoms with Gasteiger partial charge in [0.25, 0.3) is 0 Å². The third kappa shape index (κ3) is 6.90. The summed E-state index contributed by atoms with van der Waals surface area (Å²) < 4.78 is 11.9. The molecule has 276 valence electrons. The minimum atomic E-state index is -0.484. The van der Waals surface area contributed by atoms with Gasteiger partial charge in [0.05, 0.1) is 7.14 Å². The molecular formula is C37H52I2N10O2. The van der Waals surface area contributed by atoms with Crippen LogP contribution in [0.25, 0.3) is 11.3 Å². The highest BCUT2D eigenvalue weighted by molar-refractivity contribution is 14.1. The van der Waals surface area contributed by atoms with Crippen molar-refractivity contribution in [2.24, 2.45) is 16.6 Å². The molecule has 4 aromatic rings. The number of aromatic nitrogens is 6. The fourth-order valence-corrected chi connectivity index (χ4v) is 10.6. The van der Waals surface area contributed by atoms with Crippen molar-refractivity contribution in [3.05, 3.63) is 44.3 Å². The number of hydrogen-bond donors (Lipinski definition) is 2. The number of ether oxygens (including phenoxy) is 1. The van der Waals surface area contributed by atoms with Gasteiger partial charge >= 0.3 is 6.09 Å². The Kier molecular flexibility index (Phi) is 9.94. The van der Waals surface area contributed by atoms with Gasteiger partial charge in [-0.15, -0.1) is 0 Å². The number of fused-ring (bicyclic) bond motifs is 2. The van der Waals surface area contributed by atoms with Crippen molar-refractivity contribution in [2.75, 3.05) is 36.0 Å². The molecule has 2 aliphatic heterocycles. The first kappa shape index (κ1) is 36.9. The Morgan fingerprint density at radius 3 is 1.69 bits per heavy atom. The Balaban J connectivity index is 0.000000165. The lowest BCUT2D eigenvalue weighted by atomic mass is 9.66. The van der Waals surface area contributed by atoms with E-state index in [0.717, 1.165) is 88.6 Å². The van der Waals surface area contributed by atoms with Gasteiger partial charge < -0.3 is 25.6 Å². The van der Waals surface area contributed by atoms with Gasteiger partial charge in [0.15, 0.2) is 11.3 Å². The maximum Gasteiger partial charge on any atom is 0.408 e. The van der Waals surface area contributed by atoms with Crippen LogP contribution < -0.4 is 20.9 Å². The predicted octanol–water partition coefficient (Wildman–Crippen LogP) is 7.21. The van der Waals surface area contributed by atoms with Gasteiger partial charge in [-0.3, -0.25) is 8.80 Å². The number of piperidine rings is 2. The Labute approximate surface area is 328 Å². The number of rotatable bonds is 3. The first-order chi connectivity index (χ1) is 24.1. The molecule has 6 heterocycles. The zero-order chi connectivity index (χ0) is 36.2. The molecule has 0 bridgehead atoms. The number of alkyl carbamates (subject to hydrolysis) is 1. The van der Waals surface area contributed by atoms with E-state index < -0.39 is 5.60 Å². The van der Waals surface area contributed by atoms with E-state index in [9.17, 15) is 4.79 Å². The zero-order valence-electron chi connectivity index (χ0n) is 30.6. The summed E-state index contributed by atoms with van der Waals surface area (Å²) in [4.78, 5) is 35.5. The largest absolute Gasteiger partial charge is 0.444 e. The second-order valence-electron chi connectivity index (χ2n) is 16.7.